The highest BCUT2D eigenvalue weighted by Gasteiger charge is 2.24. The Morgan fingerprint density at radius 2 is 1.61 bits per heavy atom. The van der Waals surface area contributed by atoms with Crippen molar-refractivity contribution >= 4 is 11.6 Å². The van der Waals surface area contributed by atoms with Crippen LogP contribution in [0, 0.1) is 23.3 Å². The Bertz CT molecular complexity index is 1070. The maximum atomic E-state index is 13.8. The molecule has 0 radical (unpaired) electrons. The van der Waals surface area contributed by atoms with Gasteiger partial charge in [0.05, 0.1) is 5.69 Å². The van der Waals surface area contributed by atoms with Gasteiger partial charge in [0.2, 0.25) is 5.91 Å². The van der Waals surface area contributed by atoms with Crippen LogP contribution in [0.5, 0.6) is 0 Å². The molecule has 1 heterocycles. The van der Waals surface area contributed by atoms with Crippen LogP contribution in [-0.4, -0.2) is 15.7 Å². The molecule has 0 fully saturated rings. The Morgan fingerprint density at radius 1 is 1.00 bits per heavy atom. The van der Waals surface area contributed by atoms with E-state index in [0.717, 1.165) is 4.68 Å². The summed E-state index contributed by atoms with van der Waals surface area (Å²) in [6.45, 7) is 1.25. The van der Waals surface area contributed by atoms with Gasteiger partial charge in [-0.25, -0.2) is 22.2 Å². The molecule has 144 valence electrons. The molecule has 9 heteroatoms. The average molecular weight is 391 g/mol. The number of carbonyl (C=O) groups excluding carboxylic acids is 1. The zero-order valence-electron chi connectivity index (χ0n) is 14.4. The molecule has 0 unspecified atom stereocenters. The Morgan fingerprint density at radius 3 is 2.21 bits per heavy atom. The van der Waals surface area contributed by atoms with E-state index in [1.165, 1.54) is 19.1 Å². The van der Waals surface area contributed by atoms with E-state index in [9.17, 15) is 27.2 Å². The standard InChI is InChI=1S/C19H13F4N3O2/c1-10(19(28)24-18-16(22)12(20)9-13(21)17(18)23)26-15(27)8-7-14(25-26)11-5-3-2-4-6-11/h2-10H,1H3,(H,24,28)/t10-/m0/s1. The van der Waals surface area contributed by atoms with Gasteiger partial charge in [0.1, 0.15) is 11.7 Å². The first-order valence-corrected chi connectivity index (χ1v) is 8.08. The highest BCUT2D eigenvalue weighted by Crippen LogP contribution is 2.25. The minimum Gasteiger partial charge on any atom is -0.319 e. The van der Waals surface area contributed by atoms with Gasteiger partial charge in [-0.2, -0.15) is 5.10 Å². The minimum absolute atomic E-state index is 0.0269. The SMILES string of the molecule is C[C@@H](C(=O)Nc1c(F)c(F)cc(F)c1F)n1nc(-c2ccccc2)ccc1=O. The first-order valence-electron chi connectivity index (χ1n) is 8.08. The minimum atomic E-state index is -1.75. The molecular weight excluding hydrogens is 378 g/mol. The van der Waals surface area contributed by atoms with Crippen LogP contribution in [0.2, 0.25) is 0 Å². The smallest absolute Gasteiger partial charge is 0.267 e. The van der Waals surface area contributed by atoms with Gasteiger partial charge in [-0.1, -0.05) is 30.3 Å². The monoisotopic (exact) mass is 391 g/mol. The molecule has 1 N–H and O–H groups in total. The number of hydrogen-bond acceptors (Lipinski definition) is 3. The number of nitrogens with zero attached hydrogens (tertiary/aromatic N) is 2. The van der Waals surface area contributed by atoms with E-state index in [-0.39, 0.29) is 6.07 Å². The Balaban J connectivity index is 1.94. The second kappa shape index (κ2) is 7.63. The summed E-state index contributed by atoms with van der Waals surface area (Å²) in [6.07, 6.45) is 0. The molecule has 3 aromatic rings. The van der Waals surface area contributed by atoms with Gasteiger partial charge >= 0.3 is 0 Å². The molecule has 1 atom stereocenters. The van der Waals surface area contributed by atoms with Crippen LogP contribution in [0.25, 0.3) is 11.3 Å². The molecule has 0 bridgehead atoms. The first kappa shape index (κ1) is 19.3. The summed E-state index contributed by atoms with van der Waals surface area (Å²) in [7, 11) is 0. The van der Waals surface area contributed by atoms with Gasteiger partial charge < -0.3 is 5.32 Å². The summed E-state index contributed by atoms with van der Waals surface area (Å²) >= 11 is 0. The van der Waals surface area contributed by atoms with Crippen LogP contribution < -0.4 is 10.9 Å². The van der Waals surface area contributed by atoms with Gasteiger partial charge in [-0.3, -0.25) is 9.59 Å². The number of carbonyl (C=O) groups is 1. The van der Waals surface area contributed by atoms with Crippen molar-refractivity contribution in [2.24, 2.45) is 0 Å². The van der Waals surface area contributed by atoms with E-state index in [1.807, 2.05) is 0 Å². The van der Waals surface area contributed by atoms with Crippen molar-refractivity contribution in [1.29, 1.82) is 0 Å². The normalized spacial score (nSPS) is 11.9. The number of hydrogen-bond donors (Lipinski definition) is 1. The number of anilines is 1. The van der Waals surface area contributed by atoms with Crippen molar-refractivity contribution in [3.05, 3.63) is 82.2 Å². The number of benzene rings is 2. The molecular formula is C19H13F4N3O2. The number of aromatic nitrogens is 2. The summed E-state index contributed by atoms with van der Waals surface area (Å²) in [4.78, 5) is 24.4. The topological polar surface area (TPSA) is 64.0 Å². The van der Waals surface area contributed by atoms with E-state index < -0.39 is 46.5 Å². The van der Waals surface area contributed by atoms with Gasteiger partial charge in [-0.15, -0.1) is 0 Å². The fourth-order valence-electron chi connectivity index (χ4n) is 2.49. The Hall–Kier alpha value is -3.49. The van der Waals surface area contributed by atoms with Gasteiger partial charge in [0.15, 0.2) is 23.3 Å². The van der Waals surface area contributed by atoms with Crippen molar-refractivity contribution in [2.75, 3.05) is 5.32 Å². The van der Waals surface area contributed by atoms with Crippen LogP contribution in [0.1, 0.15) is 13.0 Å². The summed E-state index contributed by atoms with van der Waals surface area (Å²) < 4.78 is 54.9. The summed E-state index contributed by atoms with van der Waals surface area (Å²) in [6, 6.07) is 10.1. The van der Waals surface area contributed by atoms with E-state index in [4.69, 9.17) is 0 Å². The third-order valence-electron chi connectivity index (χ3n) is 4.00. The van der Waals surface area contributed by atoms with Crippen molar-refractivity contribution in [2.45, 2.75) is 13.0 Å². The van der Waals surface area contributed by atoms with E-state index >= 15 is 0 Å². The summed E-state index contributed by atoms with van der Waals surface area (Å²) in [5, 5.41) is 5.87. The molecule has 0 saturated heterocycles. The quantitative estimate of drug-likeness (QED) is 0.545. The third kappa shape index (κ3) is 3.64. The van der Waals surface area contributed by atoms with Crippen molar-refractivity contribution in [1.82, 2.24) is 9.78 Å². The van der Waals surface area contributed by atoms with Crippen molar-refractivity contribution in [3.63, 3.8) is 0 Å². The fraction of sp³-hybridized carbons (Fsp3) is 0.105. The first-order chi connectivity index (χ1) is 13.3. The maximum Gasteiger partial charge on any atom is 0.267 e. The second-order valence-corrected chi connectivity index (χ2v) is 5.88. The molecule has 1 aromatic heterocycles. The number of amides is 1. The predicted molar refractivity (Wildman–Crippen MR) is 93.5 cm³/mol. The predicted octanol–water partition coefficient (Wildman–Crippen LogP) is 3.67. The molecule has 5 nitrogen and oxygen atoms in total. The maximum absolute atomic E-state index is 13.8. The molecule has 0 aliphatic carbocycles. The lowest BCUT2D eigenvalue weighted by molar-refractivity contribution is -0.119. The third-order valence-corrected chi connectivity index (χ3v) is 4.00. The molecule has 0 spiro atoms. The van der Waals surface area contributed by atoms with E-state index in [0.29, 0.717) is 11.3 Å². The molecule has 0 aliphatic rings. The van der Waals surface area contributed by atoms with Gasteiger partial charge in [0, 0.05) is 17.7 Å². The lowest BCUT2D eigenvalue weighted by Crippen LogP contribution is -2.33. The fourth-order valence-corrected chi connectivity index (χ4v) is 2.49. The highest BCUT2D eigenvalue weighted by molar-refractivity contribution is 5.93. The van der Waals surface area contributed by atoms with E-state index in [2.05, 4.69) is 5.10 Å². The van der Waals surface area contributed by atoms with Crippen LogP contribution in [0.4, 0.5) is 23.2 Å². The Labute approximate surface area is 156 Å². The summed E-state index contributed by atoms with van der Waals surface area (Å²) in [5.41, 5.74) is -0.863. The van der Waals surface area contributed by atoms with E-state index in [1.54, 1.807) is 35.6 Å². The summed E-state index contributed by atoms with van der Waals surface area (Å²) in [5.74, 6) is -7.91. The Kier molecular flexibility index (Phi) is 5.25. The zero-order valence-corrected chi connectivity index (χ0v) is 14.4. The van der Waals surface area contributed by atoms with Crippen LogP contribution in [-0.2, 0) is 4.79 Å². The van der Waals surface area contributed by atoms with Crippen LogP contribution in [0.15, 0.2) is 53.3 Å². The van der Waals surface area contributed by atoms with Crippen LogP contribution in [0.3, 0.4) is 0 Å². The molecule has 0 saturated carbocycles. The molecule has 2 aromatic carbocycles. The van der Waals surface area contributed by atoms with Gasteiger partial charge in [-0.05, 0) is 13.0 Å². The van der Waals surface area contributed by atoms with Gasteiger partial charge in [0.25, 0.3) is 5.56 Å². The zero-order chi connectivity index (χ0) is 20.4. The van der Waals surface area contributed by atoms with Crippen LogP contribution >= 0.6 is 0 Å². The number of halogens is 4. The highest BCUT2D eigenvalue weighted by atomic mass is 19.2. The number of nitrogens with one attached hydrogen (secondary N) is 1. The number of rotatable bonds is 4. The second-order valence-electron chi connectivity index (χ2n) is 5.88. The average Bonchev–Trinajstić information content (AvgIpc) is 2.70. The van der Waals surface area contributed by atoms with Crippen molar-refractivity contribution < 1.29 is 22.4 Å². The lowest BCUT2D eigenvalue weighted by Gasteiger charge is -2.16. The largest absolute Gasteiger partial charge is 0.319 e. The molecule has 1 amide bonds. The lowest BCUT2D eigenvalue weighted by atomic mass is 10.1. The molecule has 28 heavy (non-hydrogen) atoms. The molecule has 3 rings (SSSR count). The molecule has 0 aliphatic heterocycles. The van der Waals surface area contributed by atoms with Crippen molar-refractivity contribution in [3.8, 4) is 11.3 Å².